The number of sulfone groups is 1. The van der Waals surface area contributed by atoms with Crippen LogP contribution in [0.25, 0.3) is 11.0 Å². The molecule has 0 radical (unpaired) electrons. The van der Waals surface area contributed by atoms with Crippen LogP contribution in [0.1, 0.15) is 24.1 Å². The standard InChI is InChI=1S/C24H29N5O5S2/c1-35-20-12-19-18(33-7-8-34-19)11-17(20)29-23-21-15-10-14(24(30)25-6-3-9-36(2,31)32)4-5-16(15)28-22(21)26-13-27-23/h11-14H,3-10H2,1-2H3,(H,25,30)(H2,26,27,28,29). The number of aromatic nitrogens is 3. The molecule has 36 heavy (non-hydrogen) atoms. The Bertz CT molecular complexity index is 1410. The maximum atomic E-state index is 12.8. The summed E-state index contributed by atoms with van der Waals surface area (Å²) in [5, 5.41) is 7.25. The smallest absolute Gasteiger partial charge is 0.223 e. The van der Waals surface area contributed by atoms with Gasteiger partial charge in [-0.1, -0.05) is 0 Å². The van der Waals surface area contributed by atoms with E-state index in [2.05, 4.69) is 25.6 Å². The minimum atomic E-state index is -3.04. The van der Waals surface area contributed by atoms with Crippen molar-refractivity contribution < 1.29 is 22.7 Å². The zero-order valence-electron chi connectivity index (χ0n) is 20.2. The molecule has 0 spiro atoms. The summed E-state index contributed by atoms with van der Waals surface area (Å²) < 4.78 is 34.2. The summed E-state index contributed by atoms with van der Waals surface area (Å²) in [6.07, 6.45) is 7.14. The van der Waals surface area contributed by atoms with Crippen molar-refractivity contribution >= 4 is 50.0 Å². The lowest BCUT2D eigenvalue weighted by atomic mass is 9.86. The summed E-state index contributed by atoms with van der Waals surface area (Å²) in [6.45, 7) is 1.38. The van der Waals surface area contributed by atoms with Crippen molar-refractivity contribution in [3.05, 3.63) is 29.7 Å². The van der Waals surface area contributed by atoms with Crippen LogP contribution in [-0.2, 0) is 27.5 Å². The minimum Gasteiger partial charge on any atom is -0.486 e. The highest BCUT2D eigenvalue weighted by Crippen LogP contribution is 2.41. The third-order valence-corrected chi connectivity index (χ3v) is 8.26. The van der Waals surface area contributed by atoms with Crippen molar-refractivity contribution in [2.75, 3.05) is 43.3 Å². The number of carbonyl (C=O) groups excluding carboxylic acids is 1. The maximum Gasteiger partial charge on any atom is 0.223 e. The summed E-state index contributed by atoms with van der Waals surface area (Å²) in [6, 6.07) is 3.90. The van der Waals surface area contributed by atoms with Gasteiger partial charge >= 0.3 is 0 Å². The van der Waals surface area contributed by atoms with Crippen LogP contribution in [-0.4, -0.2) is 67.3 Å². The highest BCUT2D eigenvalue weighted by molar-refractivity contribution is 7.98. The molecule has 1 amide bonds. The lowest BCUT2D eigenvalue weighted by Gasteiger charge is -2.23. The van der Waals surface area contributed by atoms with E-state index in [9.17, 15) is 13.2 Å². The monoisotopic (exact) mass is 531 g/mol. The van der Waals surface area contributed by atoms with Crippen molar-refractivity contribution in [3.8, 4) is 11.5 Å². The quantitative estimate of drug-likeness (QED) is 0.296. The average molecular weight is 532 g/mol. The van der Waals surface area contributed by atoms with Gasteiger partial charge in [0.15, 0.2) is 11.5 Å². The summed E-state index contributed by atoms with van der Waals surface area (Å²) in [5.41, 5.74) is 3.70. The van der Waals surface area contributed by atoms with Gasteiger partial charge in [-0.2, -0.15) is 0 Å². The zero-order chi connectivity index (χ0) is 25.3. The molecule has 0 fully saturated rings. The molecule has 0 saturated heterocycles. The Labute approximate surface area is 213 Å². The van der Waals surface area contributed by atoms with Gasteiger partial charge in [0.1, 0.15) is 40.8 Å². The number of aryl methyl sites for hydroxylation is 1. The molecule has 12 heteroatoms. The van der Waals surface area contributed by atoms with E-state index >= 15 is 0 Å². The average Bonchev–Trinajstić information content (AvgIpc) is 3.24. The number of thioether (sulfide) groups is 1. The first kappa shape index (κ1) is 24.7. The topological polar surface area (TPSA) is 135 Å². The first-order valence-corrected chi connectivity index (χ1v) is 15.2. The van der Waals surface area contributed by atoms with Crippen LogP contribution in [0.2, 0.25) is 0 Å². The first-order chi connectivity index (χ1) is 17.3. The summed E-state index contributed by atoms with van der Waals surface area (Å²) in [4.78, 5) is 26.2. The van der Waals surface area contributed by atoms with Crippen molar-refractivity contribution in [1.29, 1.82) is 0 Å². The SMILES string of the molecule is CSc1cc2c(cc1Nc1ncnc3[nH]c4c(c13)CC(C(=O)NCCCS(C)(=O)=O)CC4)OCCO2. The first-order valence-electron chi connectivity index (χ1n) is 11.9. The lowest BCUT2D eigenvalue weighted by molar-refractivity contribution is -0.125. The maximum absolute atomic E-state index is 12.8. The Balaban J connectivity index is 1.38. The van der Waals surface area contributed by atoms with Gasteiger partial charge in [-0.3, -0.25) is 4.79 Å². The third kappa shape index (κ3) is 5.24. The van der Waals surface area contributed by atoms with E-state index < -0.39 is 9.84 Å². The number of anilines is 2. The fraction of sp³-hybridized carbons (Fsp3) is 0.458. The predicted molar refractivity (Wildman–Crippen MR) is 139 cm³/mol. The molecule has 192 valence electrons. The number of hydrogen-bond donors (Lipinski definition) is 3. The van der Waals surface area contributed by atoms with Gasteiger partial charge in [0.2, 0.25) is 5.91 Å². The van der Waals surface area contributed by atoms with E-state index in [0.717, 1.165) is 45.0 Å². The van der Waals surface area contributed by atoms with Crippen LogP contribution < -0.4 is 20.1 Å². The summed E-state index contributed by atoms with van der Waals surface area (Å²) >= 11 is 1.60. The molecule has 0 bridgehead atoms. The number of nitrogens with one attached hydrogen (secondary N) is 3. The van der Waals surface area contributed by atoms with Gasteiger partial charge in [-0.25, -0.2) is 18.4 Å². The van der Waals surface area contributed by atoms with Crippen molar-refractivity contribution in [2.45, 2.75) is 30.6 Å². The van der Waals surface area contributed by atoms with E-state index in [4.69, 9.17) is 9.47 Å². The molecule has 0 saturated carbocycles. The molecule has 3 heterocycles. The molecule has 1 aliphatic heterocycles. The van der Waals surface area contributed by atoms with Crippen LogP contribution in [0.5, 0.6) is 11.5 Å². The van der Waals surface area contributed by atoms with Gasteiger partial charge in [0.25, 0.3) is 0 Å². The van der Waals surface area contributed by atoms with E-state index in [1.54, 1.807) is 11.8 Å². The highest BCUT2D eigenvalue weighted by Gasteiger charge is 2.29. The number of fused-ring (bicyclic) bond motifs is 4. The van der Waals surface area contributed by atoms with E-state index in [1.807, 2.05) is 18.4 Å². The number of aromatic amines is 1. The van der Waals surface area contributed by atoms with E-state index in [0.29, 0.717) is 50.6 Å². The lowest BCUT2D eigenvalue weighted by Crippen LogP contribution is -2.35. The molecular weight excluding hydrogens is 502 g/mol. The van der Waals surface area contributed by atoms with Crippen LogP contribution in [0.15, 0.2) is 23.4 Å². The molecule has 2 aromatic heterocycles. The molecule has 1 unspecified atom stereocenters. The van der Waals surface area contributed by atoms with E-state index in [1.165, 1.54) is 12.6 Å². The molecule has 5 rings (SSSR count). The van der Waals surface area contributed by atoms with Gasteiger partial charge in [-0.15, -0.1) is 11.8 Å². The van der Waals surface area contributed by atoms with Crippen LogP contribution in [0.3, 0.4) is 0 Å². The molecule has 1 aliphatic carbocycles. The molecule has 1 atom stereocenters. The second-order valence-electron chi connectivity index (χ2n) is 9.06. The Morgan fingerprint density at radius 1 is 1.22 bits per heavy atom. The van der Waals surface area contributed by atoms with Crippen LogP contribution in [0.4, 0.5) is 11.5 Å². The second-order valence-corrected chi connectivity index (χ2v) is 12.2. The molecule has 2 aliphatic rings. The largest absolute Gasteiger partial charge is 0.486 e. The summed E-state index contributed by atoms with van der Waals surface area (Å²) in [7, 11) is -3.04. The number of H-pyrrole nitrogens is 1. The normalized spacial score (nSPS) is 17.0. The third-order valence-electron chi connectivity index (χ3n) is 6.46. The van der Waals surface area contributed by atoms with Crippen LogP contribution in [0, 0.1) is 5.92 Å². The number of rotatable bonds is 8. The Morgan fingerprint density at radius 2 is 2.00 bits per heavy atom. The summed E-state index contributed by atoms with van der Waals surface area (Å²) in [5.74, 6) is 1.90. The fourth-order valence-corrected chi connectivity index (χ4v) is 5.94. The van der Waals surface area contributed by atoms with Crippen molar-refractivity contribution in [1.82, 2.24) is 20.3 Å². The number of ether oxygens (including phenoxy) is 2. The molecule has 3 aromatic rings. The molecule has 1 aromatic carbocycles. The molecule has 3 N–H and O–H groups in total. The number of nitrogens with zero attached hydrogens (tertiary/aromatic N) is 2. The predicted octanol–water partition coefficient (Wildman–Crippen LogP) is 2.85. The Hall–Kier alpha value is -2.99. The number of carbonyl (C=O) groups is 1. The molecular formula is C24H29N5O5S2. The second kappa shape index (κ2) is 10.2. The van der Waals surface area contributed by atoms with Crippen molar-refractivity contribution in [2.24, 2.45) is 5.92 Å². The van der Waals surface area contributed by atoms with Gasteiger partial charge in [-0.05, 0) is 43.6 Å². The number of amides is 1. The highest BCUT2D eigenvalue weighted by atomic mass is 32.2. The minimum absolute atomic E-state index is 0.0497. The number of benzene rings is 1. The van der Waals surface area contributed by atoms with Gasteiger partial charge in [0, 0.05) is 35.4 Å². The fourth-order valence-electron chi connectivity index (χ4n) is 4.71. The van der Waals surface area contributed by atoms with Crippen LogP contribution >= 0.6 is 11.8 Å². The Kier molecular flexibility index (Phi) is 6.98. The van der Waals surface area contributed by atoms with E-state index in [-0.39, 0.29) is 17.6 Å². The zero-order valence-corrected chi connectivity index (χ0v) is 21.9. The van der Waals surface area contributed by atoms with Gasteiger partial charge in [0.05, 0.1) is 16.8 Å². The Morgan fingerprint density at radius 3 is 2.75 bits per heavy atom. The van der Waals surface area contributed by atoms with Crippen molar-refractivity contribution in [3.63, 3.8) is 0 Å². The number of hydrogen-bond acceptors (Lipinski definition) is 9. The molecule has 10 nitrogen and oxygen atoms in total. The van der Waals surface area contributed by atoms with Gasteiger partial charge < -0.3 is 25.1 Å².